The number of carbonyl (C=O) groups is 2. The number of amides is 2. The van der Waals surface area contributed by atoms with E-state index < -0.39 is 5.60 Å². The molecule has 0 bridgehead atoms. The first kappa shape index (κ1) is 13.0. The molecule has 0 spiro atoms. The standard InChI is InChI=1S/C12H20N2O4/c1-8-9-7-17-10(15)14(9)6-5-13(8)11(16)18-12(2,3)4/h8-9H,5-7H2,1-4H3. The zero-order valence-corrected chi connectivity index (χ0v) is 11.3. The minimum atomic E-state index is -0.504. The normalized spacial score (nSPS) is 27.9. The van der Waals surface area contributed by atoms with Gasteiger partial charge < -0.3 is 14.4 Å². The Bertz CT molecular complexity index is 364. The van der Waals surface area contributed by atoms with Crippen LogP contribution in [-0.2, 0) is 9.47 Å². The molecule has 2 fully saturated rings. The van der Waals surface area contributed by atoms with Crippen LogP contribution >= 0.6 is 0 Å². The summed E-state index contributed by atoms with van der Waals surface area (Å²) in [6.45, 7) is 8.78. The summed E-state index contributed by atoms with van der Waals surface area (Å²) < 4.78 is 10.4. The van der Waals surface area contributed by atoms with Crippen LogP contribution in [0, 0.1) is 0 Å². The fraction of sp³-hybridized carbons (Fsp3) is 0.833. The highest BCUT2D eigenvalue weighted by Crippen LogP contribution is 2.24. The van der Waals surface area contributed by atoms with Gasteiger partial charge in [0, 0.05) is 13.1 Å². The van der Waals surface area contributed by atoms with Crippen molar-refractivity contribution in [3.05, 3.63) is 0 Å². The Balaban J connectivity index is 2.04. The lowest BCUT2D eigenvalue weighted by Crippen LogP contribution is -2.59. The summed E-state index contributed by atoms with van der Waals surface area (Å²) in [7, 11) is 0. The van der Waals surface area contributed by atoms with Gasteiger partial charge in [-0.1, -0.05) is 0 Å². The van der Waals surface area contributed by atoms with Gasteiger partial charge in [-0.25, -0.2) is 9.59 Å². The van der Waals surface area contributed by atoms with Gasteiger partial charge >= 0.3 is 12.2 Å². The minimum Gasteiger partial charge on any atom is -0.447 e. The fourth-order valence-electron chi connectivity index (χ4n) is 2.33. The van der Waals surface area contributed by atoms with Crippen molar-refractivity contribution in [2.75, 3.05) is 19.7 Å². The average molecular weight is 256 g/mol. The van der Waals surface area contributed by atoms with Gasteiger partial charge in [0.25, 0.3) is 0 Å². The summed E-state index contributed by atoms with van der Waals surface area (Å²) >= 11 is 0. The highest BCUT2D eigenvalue weighted by atomic mass is 16.6. The van der Waals surface area contributed by atoms with Crippen molar-refractivity contribution in [3.8, 4) is 0 Å². The van der Waals surface area contributed by atoms with Crippen LogP contribution in [0.5, 0.6) is 0 Å². The van der Waals surface area contributed by atoms with E-state index in [9.17, 15) is 9.59 Å². The van der Waals surface area contributed by atoms with Crippen LogP contribution in [0.25, 0.3) is 0 Å². The molecule has 2 saturated heterocycles. The van der Waals surface area contributed by atoms with E-state index in [2.05, 4.69) is 0 Å². The second kappa shape index (κ2) is 4.33. The van der Waals surface area contributed by atoms with Crippen LogP contribution in [0.1, 0.15) is 27.7 Å². The number of ether oxygens (including phenoxy) is 2. The second-order valence-electron chi connectivity index (χ2n) is 5.75. The van der Waals surface area contributed by atoms with Crippen molar-refractivity contribution in [2.45, 2.75) is 45.4 Å². The summed E-state index contributed by atoms with van der Waals surface area (Å²) in [6.07, 6.45) is -0.607. The highest BCUT2D eigenvalue weighted by Gasteiger charge is 2.44. The molecule has 0 aliphatic carbocycles. The maximum atomic E-state index is 12.1. The molecule has 102 valence electrons. The predicted molar refractivity (Wildman–Crippen MR) is 64.2 cm³/mol. The molecule has 2 aliphatic rings. The lowest BCUT2D eigenvalue weighted by molar-refractivity contribution is -0.00229. The van der Waals surface area contributed by atoms with E-state index in [4.69, 9.17) is 9.47 Å². The van der Waals surface area contributed by atoms with Gasteiger partial charge in [0.1, 0.15) is 12.2 Å². The molecule has 0 N–H and O–H groups in total. The Morgan fingerprint density at radius 2 is 2.06 bits per heavy atom. The van der Waals surface area contributed by atoms with E-state index in [0.29, 0.717) is 19.7 Å². The van der Waals surface area contributed by atoms with E-state index in [1.54, 1.807) is 9.80 Å². The lowest BCUT2D eigenvalue weighted by Gasteiger charge is -2.41. The Labute approximate surface area is 107 Å². The third kappa shape index (κ3) is 2.37. The van der Waals surface area contributed by atoms with Gasteiger partial charge in [0.05, 0.1) is 12.1 Å². The molecule has 6 heteroatoms. The summed E-state index contributed by atoms with van der Waals surface area (Å²) in [5.74, 6) is 0. The van der Waals surface area contributed by atoms with Crippen LogP contribution in [0.4, 0.5) is 9.59 Å². The molecule has 0 saturated carbocycles. The van der Waals surface area contributed by atoms with E-state index >= 15 is 0 Å². The largest absolute Gasteiger partial charge is 0.447 e. The number of rotatable bonds is 0. The van der Waals surface area contributed by atoms with E-state index in [1.165, 1.54) is 0 Å². The van der Waals surface area contributed by atoms with Crippen molar-refractivity contribution in [3.63, 3.8) is 0 Å². The zero-order valence-electron chi connectivity index (χ0n) is 11.3. The molecule has 2 amide bonds. The Kier molecular flexibility index (Phi) is 3.12. The monoisotopic (exact) mass is 256 g/mol. The Morgan fingerprint density at radius 3 is 2.67 bits per heavy atom. The number of cyclic esters (lactones) is 1. The number of piperazine rings is 1. The van der Waals surface area contributed by atoms with Gasteiger partial charge in [-0.2, -0.15) is 0 Å². The van der Waals surface area contributed by atoms with Crippen molar-refractivity contribution < 1.29 is 19.1 Å². The molecule has 18 heavy (non-hydrogen) atoms. The fourth-order valence-corrected chi connectivity index (χ4v) is 2.33. The van der Waals surface area contributed by atoms with E-state index in [1.807, 2.05) is 27.7 Å². The predicted octanol–water partition coefficient (Wildman–Crippen LogP) is 1.45. The van der Waals surface area contributed by atoms with Gasteiger partial charge in [-0.15, -0.1) is 0 Å². The Morgan fingerprint density at radius 1 is 1.39 bits per heavy atom. The van der Waals surface area contributed by atoms with Crippen LogP contribution in [0.15, 0.2) is 0 Å². The van der Waals surface area contributed by atoms with Crippen molar-refractivity contribution in [2.24, 2.45) is 0 Å². The molecule has 0 aromatic carbocycles. The summed E-state index contributed by atoms with van der Waals surface area (Å²) in [6, 6.07) is -0.140. The average Bonchev–Trinajstić information content (AvgIpc) is 2.59. The molecule has 6 nitrogen and oxygen atoms in total. The topological polar surface area (TPSA) is 59.1 Å². The number of carbonyl (C=O) groups excluding carboxylic acids is 2. The molecular formula is C12H20N2O4. The third-order valence-electron chi connectivity index (χ3n) is 3.27. The summed E-state index contributed by atoms with van der Waals surface area (Å²) in [5, 5.41) is 0. The molecule has 0 aromatic heterocycles. The van der Waals surface area contributed by atoms with Gasteiger partial charge in [-0.05, 0) is 27.7 Å². The molecule has 0 radical (unpaired) electrons. The van der Waals surface area contributed by atoms with Gasteiger partial charge in [0.2, 0.25) is 0 Å². The second-order valence-corrected chi connectivity index (χ2v) is 5.75. The lowest BCUT2D eigenvalue weighted by atomic mass is 10.1. The molecular weight excluding hydrogens is 236 g/mol. The van der Waals surface area contributed by atoms with Crippen LogP contribution in [0.2, 0.25) is 0 Å². The maximum absolute atomic E-state index is 12.1. The van der Waals surface area contributed by atoms with Crippen molar-refractivity contribution in [1.82, 2.24) is 9.80 Å². The molecule has 2 aliphatic heterocycles. The van der Waals surface area contributed by atoms with E-state index in [0.717, 1.165) is 0 Å². The van der Waals surface area contributed by atoms with Crippen LogP contribution < -0.4 is 0 Å². The highest BCUT2D eigenvalue weighted by molar-refractivity contribution is 5.73. The Hall–Kier alpha value is -1.46. The summed E-state index contributed by atoms with van der Waals surface area (Å²) in [5.41, 5.74) is -0.504. The third-order valence-corrected chi connectivity index (χ3v) is 3.27. The quantitative estimate of drug-likeness (QED) is 0.658. The molecule has 0 aromatic rings. The zero-order chi connectivity index (χ0) is 13.5. The first-order valence-corrected chi connectivity index (χ1v) is 6.22. The van der Waals surface area contributed by atoms with Gasteiger partial charge in [0.15, 0.2) is 0 Å². The molecule has 2 atom stereocenters. The van der Waals surface area contributed by atoms with Crippen molar-refractivity contribution in [1.29, 1.82) is 0 Å². The number of hydrogen-bond donors (Lipinski definition) is 0. The van der Waals surface area contributed by atoms with Crippen LogP contribution in [0.3, 0.4) is 0 Å². The van der Waals surface area contributed by atoms with Crippen LogP contribution in [-0.4, -0.2) is 59.4 Å². The van der Waals surface area contributed by atoms with Crippen molar-refractivity contribution >= 4 is 12.2 Å². The summed E-state index contributed by atoms with van der Waals surface area (Å²) in [4.78, 5) is 26.8. The maximum Gasteiger partial charge on any atom is 0.410 e. The molecule has 2 heterocycles. The number of hydrogen-bond acceptors (Lipinski definition) is 4. The minimum absolute atomic E-state index is 0.0567. The van der Waals surface area contributed by atoms with E-state index in [-0.39, 0.29) is 24.3 Å². The first-order valence-electron chi connectivity index (χ1n) is 6.22. The number of nitrogens with zero attached hydrogens (tertiary/aromatic N) is 2. The van der Waals surface area contributed by atoms with Gasteiger partial charge in [-0.3, -0.25) is 4.90 Å². The first-order chi connectivity index (χ1) is 8.29. The SMILES string of the molecule is CC1C2COC(=O)N2CCN1C(=O)OC(C)(C)C. The smallest absolute Gasteiger partial charge is 0.410 e. The molecule has 2 rings (SSSR count). The number of fused-ring (bicyclic) bond motifs is 1. The molecule has 2 unspecified atom stereocenters.